The third-order valence-corrected chi connectivity index (χ3v) is 10.3. The summed E-state index contributed by atoms with van der Waals surface area (Å²) in [6, 6.07) is 72.9. The van der Waals surface area contributed by atoms with E-state index in [1.807, 2.05) is 36.4 Å². The molecule has 0 spiro atoms. The molecular weight excluding hydrogens is 657 g/mol. The molecule has 3 heteroatoms. The van der Waals surface area contributed by atoms with Crippen LogP contribution >= 0.6 is 0 Å². The Hall–Kier alpha value is -7.23. The minimum absolute atomic E-state index is 0.611. The number of nitrogens with zero attached hydrogens (tertiary/aromatic N) is 2. The molecule has 0 saturated carbocycles. The van der Waals surface area contributed by atoms with Crippen molar-refractivity contribution in [3.05, 3.63) is 206 Å². The maximum atomic E-state index is 6.63. The molecule has 0 bridgehead atoms. The summed E-state index contributed by atoms with van der Waals surface area (Å²) in [5.41, 5.74) is 12.4. The lowest BCUT2D eigenvalue weighted by Crippen LogP contribution is -2.10. The molecule has 1 aromatic heterocycles. The molecule has 54 heavy (non-hydrogen) atoms. The van der Waals surface area contributed by atoms with Gasteiger partial charge in [0.2, 0.25) is 5.89 Å². The highest BCUT2D eigenvalue weighted by molar-refractivity contribution is 6.02. The standard InChI is InChI=1S/C51H34N2O/c1-3-14-37(15-4-1)46-31-32-47(50-49(46)52-51(54-50)39-17-5-2-6-18-39)38-27-29-43(30-28-38)53(48-24-12-20-36-16-9-10-23-45(36)48)44-22-11-21-41(34-44)42-26-25-35-13-7-8-19-40(35)33-42/h1-34H. The lowest BCUT2D eigenvalue weighted by Gasteiger charge is -2.27. The summed E-state index contributed by atoms with van der Waals surface area (Å²) in [4.78, 5) is 7.44. The van der Waals surface area contributed by atoms with E-state index in [2.05, 4.69) is 175 Å². The van der Waals surface area contributed by atoms with Crippen LogP contribution < -0.4 is 4.90 Å². The highest BCUT2D eigenvalue weighted by Gasteiger charge is 2.20. The van der Waals surface area contributed by atoms with Gasteiger partial charge in [-0.3, -0.25) is 0 Å². The van der Waals surface area contributed by atoms with Gasteiger partial charge in [0.05, 0.1) is 5.69 Å². The van der Waals surface area contributed by atoms with E-state index in [1.165, 1.54) is 32.7 Å². The topological polar surface area (TPSA) is 29.3 Å². The normalized spacial score (nSPS) is 11.3. The molecule has 10 rings (SSSR count). The predicted molar refractivity (Wildman–Crippen MR) is 225 cm³/mol. The molecule has 0 aliphatic heterocycles. The molecule has 0 saturated heterocycles. The Kier molecular flexibility index (Phi) is 7.81. The van der Waals surface area contributed by atoms with Crippen molar-refractivity contribution in [1.82, 2.24) is 4.98 Å². The second-order valence-corrected chi connectivity index (χ2v) is 13.6. The maximum absolute atomic E-state index is 6.63. The number of oxazole rings is 1. The van der Waals surface area contributed by atoms with E-state index in [0.29, 0.717) is 5.89 Å². The molecule has 0 radical (unpaired) electrons. The first-order chi connectivity index (χ1) is 26.8. The van der Waals surface area contributed by atoms with E-state index in [1.54, 1.807) is 0 Å². The van der Waals surface area contributed by atoms with E-state index in [9.17, 15) is 0 Å². The summed E-state index contributed by atoms with van der Waals surface area (Å²) in [5, 5.41) is 4.86. The Balaban J connectivity index is 1.10. The molecule has 0 N–H and O–H groups in total. The van der Waals surface area contributed by atoms with Crippen LogP contribution in [0.15, 0.2) is 211 Å². The van der Waals surface area contributed by atoms with Crippen molar-refractivity contribution >= 4 is 49.7 Å². The molecule has 0 atom stereocenters. The summed E-state index contributed by atoms with van der Waals surface area (Å²) < 4.78 is 6.63. The van der Waals surface area contributed by atoms with Crippen molar-refractivity contribution in [2.24, 2.45) is 0 Å². The largest absolute Gasteiger partial charge is 0.435 e. The second kappa shape index (κ2) is 13.4. The lowest BCUT2D eigenvalue weighted by molar-refractivity contribution is 0.621. The van der Waals surface area contributed by atoms with Crippen LogP contribution in [0.4, 0.5) is 17.1 Å². The number of rotatable bonds is 7. The van der Waals surface area contributed by atoms with Crippen molar-refractivity contribution in [2.75, 3.05) is 4.90 Å². The summed E-state index contributed by atoms with van der Waals surface area (Å²) >= 11 is 0. The second-order valence-electron chi connectivity index (χ2n) is 13.6. The fourth-order valence-electron chi connectivity index (χ4n) is 7.60. The van der Waals surface area contributed by atoms with Crippen molar-refractivity contribution < 1.29 is 4.42 Å². The van der Waals surface area contributed by atoms with Gasteiger partial charge in [0, 0.05) is 33.5 Å². The highest BCUT2D eigenvalue weighted by Crippen LogP contribution is 2.43. The third kappa shape index (κ3) is 5.69. The molecule has 0 amide bonds. The Labute approximate surface area is 314 Å². The Morgan fingerprint density at radius 2 is 0.963 bits per heavy atom. The predicted octanol–water partition coefficient (Wildman–Crippen LogP) is 14.3. The molecule has 0 fully saturated rings. The lowest BCUT2D eigenvalue weighted by atomic mass is 9.98. The van der Waals surface area contributed by atoms with Crippen LogP contribution in [-0.4, -0.2) is 4.98 Å². The SMILES string of the molecule is c1ccc(-c2nc3c(-c4ccccc4)ccc(-c4ccc(N(c5cccc(-c6ccc7ccccc7c6)c5)c5cccc6ccccc56)cc4)c3o2)cc1. The summed E-state index contributed by atoms with van der Waals surface area (Å²) in [6.07, 6.45) is 0. The van der Waals surface area contributed by atoms with E-state index in [-0.39, 0.29) is 0 Å². The average Bonchev–Trinajstić information content (AvgIpc) is 3.70. The van der Waals surface area contributed by atoms with Crippen molar-refractivity contribution in [2.45, 2.75) is 0 Å². The van der Waals surface area contributed by atoms with Crippen molar-refractivity contribution in [3.8, 4) is 44.8 Å². The van der Waals surface area contributed by atoms with E-state index >= 15 is 0 Å². The molecule has 3 nitrogen and oxygen atoms in total. The zero-order valence-electron chi connectivity index (χ0n) is 29.4. The van der Waals surface area contributed by atoms with Crippen molar-refractivity contribution in [3.63, 3.8) is 0 Å². The molecule has 9 aromatic carbocycles. The zero-order chi connectivity index (χ0) is 35.8. The summed E-state index contributed by atoms with van der Waals surface area (Å²) in [6.45, 7) is 0. The van der Waals surface area contributed by atoms with Gasteiger partial charge < -0.3 is 9.32 Å². The van der Waals surface area contributed by atoms with Crippen LogP contribution in [0.3, 0.4) is 0 Å². The summed E-state index contributed by atoms with van der Waals surface area (Å²) in [5.74, 6) is 0.611. The number of fused-ring (bicyclic) bond motifs is 3. The van der Waals surface area contributed by atoms with E-state index in [0.717, 1.165) is 56.0 Å². The van der Waals surface area contributed by atoms with Crippen LogP contribution in [0.25, 0.3) is 77.5 Å². The minimum Gasteiger partial charge on any atom is -0.435 e. The number of hydrogen-bond donors (Lipinski definition) is 0. The van der Waals surface area contributed by atoms with Crippen LogP contribution in [0.5, 0.6) is 0 Å². The summed E-state index contributed by atoms with van der Waals surface area (Å²) in [7, 11) is 0. The van der Waals surface area contributed by atoms with Gasteiger partial charge in [0.1, 0.15) is 5.52 Å². The van der Waals surface area contributed by atoms with E-state index in [4.69, 9.17) is 9.40 Å². The van der Waals surface area contributed by atoms with Crippen LogP contribution in [-0.2, 0) is 0 Å². The molecular formula is C51H34N2O. The van der Waals surface area contributed by atoms with Gasteiger partial charge in [-0.05, 0) is 93.0 Å². The number of anilines is 3. The molecule has 10 aromatic rings. The van der Waals surface area contributed by atoms with E-state index < -0.39 is 0 Å². The number of aromatic nitrogens is 1. The first-order valence-electron chi connectivity index (χ1n) is 18.3. The highest BCUT2D eigenvalue weighted by atomic mass is 16.3. The monoisotopic (exact) mass is 690 g/mol. The average molecular weight is 691 g/mol. The Morgan fingerprint density at radius 3 is 1.78 bits per heavy atom. The van der Waals surface area contributed by atoms with Crippen LogP contribution in [0.2, 0.25) is 0 Å². The number of benzene rings is 9. The van der Waals surface area contributed by atoms with Gasteiger partial charge in [-0.25, -0.2) is 4.98 Å². The Bertz CT molecular complexity index is 2920. The van der Waals surface area contributed by atoms with Crippen LogP contribution in [0.1, 0.15) is 0 Å². The first kappa shape index (κ1) is 31.5. The van der Waals surface area contributed by atoms with Gasteiger partial charge in [-0.1, -0.05) is 152 Å². The quantitative estimate of drug-likeness (QED) is 0.167. The molecule has 0 unspecified atom stereocenters. The molecule has 254 valence electrons. The fraction of sp³-hybridized carbons (Fsp3) is 0. The zero-order valence-corrected chi connectivity index (χ0v) is 29.4. The number of hydrogen-bond acceptors (Lipinski definition) is 3. The third-order valence-electron chi connectivity index (χ3n) is 10.3. The van der Waals surface area contributed by atoms with Crippen LogP contribution in [0, 0.1) is 0 Å². The minimum atomic E-state index is 0.611. The first-order valence-corrected chi connectivity index (χ1v) is 18.3. The van der Waals surface area contributed by atoms with Gasteiger partial charge >= 0.3 is 0 Å². The van der Waals surface area contributed by atoms with Gasteiger partial charge in [-0.15, -0.1) is 0 Å². The molecule has 0 aliphatic carbocycles. The van der Waals surface area contributed by atoms with Crippen molar-refractivity contribution in [1.29, 1.82) is 0 Å². The molecule has 1 heterocycles. The van der Waals surface area contributed by atoms with Gasteiger partial charge in [0.15, 0.2) is 5.58 Å². The smallest absolute Gasteiger partial charge is 0.227 e. The van der Waals surface area contributed by atoms with Gasteiger partial charge in [0.25, 0.3) is 0 Å². The molecule has 0 aliphatic rings. The Morgan fingerprint density at radius 1 is 0.370 bits per heavy atom. The van der Waals surface area contributed by atoms with Gasteiger partial charge in [-0.2, -0.15) is 0 Å². The fourth-order valence-corrected chi connectivity index (χ4v) is 7.60. The maximum Gasteiger partial charge on any atom is 0.227 e.